The Morgan fingerprint density at radius 2 is 2.11 bits per heavy atom. The molecular formula is C12H16F3NO2S. The summed E-state index contributed by atoms with van der Waals surface area (Å²) in [6.07, 6.45) is -4.74. The van der Waals surface area contributed by atoms with Crippen LogP contribution in [-0.2, 0) is 4.79 Å². The second-order valence-electron chi connectivity index (χ2n) is 4.58. The zero-order valence-electron chi connectivity index (χ0n) is 10.6. The van der Waals surface area contributed by atoms with E-state index in [1.165, 1.54) is 11.3 Å². The third-order valence-corrected chi connectivity index (χ3v) is 3.71. The van der Waals surface area contributed by atoms with E-state index in [1.54, 1.807) is 0 Å². The highest BCUT2D eigenvalue weighted by Gasteiger charge is 2.45. The SMILES string of the molecule is CC(C)C(NCC(C(=O)O)C(F)(F)F)c1cccs1. The van der Waals surface area contributed by atoms with Crippen LogP contribution in [0, 0.1) is 11.8 Å². The van der Waals surface area contributed by atoms with Crippen molar-refractivity contribution < 1.29 is 23.1 Å². The first-order chi connectivity index (χ1) is 8.73. The van der Waals surface area contributed by atoms with E-state index in [0.717, 1.165) is 4.88 Å². The Kier molecular flexibility index (Phi) is 5.37. The number of aliphatic carboxylic acids is 1. The minimum absolute atomic E-state index is 0.0707. The van der Waals surface area contributed by atoms with Crippen LogP contribution in [0.2, 0.25) is 0 Å². The highest BCUT2D eigenvalue weighted by atomic mass is 32.1. The number of carboxylic acid groups (broad SMARTS) is 1. The van der Waals surface area contributed by atoms with Gasteiger partial charge in [-0.3, -0.25) is 4.79 Å². The van der Waals surface area contributed by atoms with Crippen LogP contribution >= 0.6 is 11.3 Å². The Morgan fingerprint density at radius 3 is 2.47 bits per heavy atom. The molecule has 0 aliphatic rings. The summed E-state index contributed by atoms with van der Waals surface area (Å²) in [6, 6.07) is 3.37. The van der Waals surface area contributed by atoms with Gasteiger partial charge in [-0.2, -0.15) is 13.2 Å². The summed E-state index contributed by atoms with van der Waals surface area (Å²) in [5.74, 6) is -4.16. The predicted octanol–water partition coefficient (Wildman–Crippen LogP) is 3.30. The fraction of sp³-hybridized carbons (Fsp3) is 0.583. The van der Waals surface area contributed by atoms with Gasteiger partial charge in [-0.1, -0.05) is 19.9 Å². The van der Waals surface area contributed by atoms with Crippen molar-refractivity contribution in [3.8, 4) is 0 Å². The summed E-state index contributed by atoms with van der Waals surface area (Å²) in [6.45, 7) is 3.13. The van der Waals surface area contributed by atoms with Crippen LogP contribution < -0.4 is 5.32 Å². The molecule has 0 aliphatic carbocycles. The van der Waals surface area contributed by atoms with Gasteiger partial charge in [-0.05, 0) is 17.4 Å². The first-order valence-corrected chi connectivity index (χ1v) is 6.67. The molecule has 0 aromatic carbocycles. The zero-order valence-corrected chi connectivity index (χ0v) is 11.4. The maximum absolute atomic E-state index is 12.5. The molecule has 0 fully saturated rings. The molecule has 0 bridgehead atoms. The average molecular weight is 295 g/mol. The summed E-state index contributed by atoms with van der Waals surface area (Å²) in [5, 5.41) is 13.2. The van der Waals surface area contributed by atoms with Crippen molar-refractivity contribution in [2.75, 3.05) is 6.54 Å². The van der Waals surface area contributed by atoms with Crippen molar-refractivity contribution in [3.05, 3.63) is 22.4 Å². The number of thiophene rings is 1. The standard InChI is InChI=1S/C12H16F3NO2S/c1-7(2)10(9-4-3-5-19-9)16-6-8(11(17)18)12(13,14)15/h3-5,7-8,10,16H,6H2,1-2H3,(H,17,18). The molecule has 1 rings (SSSR count). The summed E-state index contributed by atoms with van der Waals surface area (Å²) in [7, 11) is 0. The van der Waals surface area contributed by atoms with E-state index in [9.17, 15) is 18.0 Å². The Hall–Kier alpha value is -1.08. The number of alkyl halides is 3. The lowest BCUT2D eigenvalue weighted by molar-refractivity contribution is -0.192. The molecule has 2 N–H and O–H groups in total. The number of hydrogen-bond donors (Lipinski definition) is 2. The van der Waals surface area contributed by atoms with Gasteiger partial charge in [0.25, 0.3) is 0 Å². The average Bonchev–Trinajstić information content (AvgIpc) is 2.74. The van der Waals surface area contributed by atoms with E-state index in [4.69, 9.17) is 5.11 Å². The summed E-state index contributed by atoms with van der Waals surface area (Å²) < 4.78 is 37.6. The third kappa shape index (κ3) is 4.50. The molecule has 108 valence electrons. The Labute approximate surface area is 113 Å². The summed E-state index contributed by atoms with van der Waals surface area (Å²) >= 11 is 1.44. The molecule has 0 radical (unpaired) electrons. The van der Waals surface area contributed by atoms with Crippen LogP contribution in [0.25, 0.3) is 0 Å². The Balaban J connectivity index is 2.74. The van der Waals surface area contributed by atoms with Gasteiger partial charge in [0.15, 0.2) is 5.92 Å². The molecule has 1 heterocycles. The van der Waals surface area contributed by atoms with Crippen LogP contribution in [-0.4, -0.2) is 23.8 Å². The van der Waals surface area contributed by atoms with Crippen LogP contribution in [0.3, 0.4) is 0 Å². The van der Waals surface area contributed by atoms with E-state index in [-0.39, 0.29) is 12.0 Å². The number of rotatable bonds is 6. The molecule has 7 heteroatoms. The van der Waals surface area contributed by atoms with Crippen LogP contribution in [0.15, 0.2) is 17.5 Å². The predicted molar refractivity (Wildman–Crippen MR) is 67.1 cm³/mol. The van der Waals surface area contributed by atoms with Crippen molar-refractivity contribution in [2.45, 2.75) is 26.1 Å². The van der Waals surface area contributed by atoms with E-state index >= 15 is 0 Å². The normalized spacial score (nSPS) is 15.5. The maximum atomic E-state index is 12.5. The molecule has 19 heavy (non-hydrogen) atoms. The highest BCUT2D eigenvalue weighted by Crippen LogP contribution is 2.29. The van der Waals surface area contributed by atoms with Gasteiger partial charge in [0.1, 0.15) is 0 Å². The van der Waals surface area contributed by atoms with Gasteiger partial charge in [-0.15, -0.1) is 11.3 Å². The molecular weight excluding hydrogens is 279 g/mol. The lowest BCUT2D eigenvalue weighted by Gasteiger charge is -2.24. The first-order valence-electron chi connectivity index (χ1n) is 5.79. The van der Waals surface area contributed by atoms with Gasteiger partial charge in [-0.25, -0.2) is 0 Å². The Bertz CT molecular complexity index is 404. The topological polar surface area (TPSA) is 49.3 Å². The van der Waals surface area contributed by atoms with Gasteiger partial charge >= 0.3 is 12.1 Å². The van der Waals surface area contributed by atoms with Gasteiger partial charge in [0.05, 0.1) is 0 Å². The van der Waals surface area contributed by atoms with E-state index in [0.29, 0.717) is 0 Å². The Morgan fingerprint density at radius 1 is 1.47 bits per heavy atom. The molecule has 0 aliphatic heterocycles. The number of carbonyl (C=O) groups is 1. The van der Waals surface area contributed by atoms with Crippen LogP contribution in [0.4, 0.5) is 13.2 Å². The monoisotopic (exact) mass is 295 g/mol. The number of hydrogen-bond acceptors (Lipinski definition) is 3. The zero-order chi connectivity index (χ0) is 14.6. The van der Waals surface area contributed by atoms with Crippen LogP contribution in [0.5, 0.6) is 0 Å². The molecule has 0 saturated carbocycles. The van der Waals surface area contributed by atoms with Gasteiger partial charge in [0.2, 0.25) is 0 Å². The maximum Gasteiger partial charge on any atom is 0.403 e. The first kappa shape index (κ1) is 16.0. The fourth-order valence-electron chi connectivity index (χ4n) is 1.72. The number of halogens is 3. The van der Waals surface area contributed by atoms with Crippen molar-refractivity contribution in [1.82, 2.24) is 5.32 Å². The second kappa shape index (κ2) is 6.38. The molecule has 3 nitrogen and oxygen atoms in total. The van der Waals surface area contributed by atoms with Gasteiger partial charge in [0, 0.05) is 17.5 Å². The van der Waals surface area contributed by atoms with E-state index < -0.39 is 24.6 Å². The van der Waals surface area contributed by atoms with Gasteiger partial charge < -0.3 is 10.4 Å². The molecule has 0 amide bonds. The molecule has 0 saturated heterocycles. The van der Waals surface area contributed by atoms with Crippen molar-refractivity contribution in [3.63, 3.8) is 0 Å². The quantitative estimate of drug-likeness (QED) is 0.846. The van der Waals surface area contributed by atoms with E-state index in [2.05, 4.69) is 5.32 Å². The fourth-order valence-corrected chi connectivity index (χ4v) is 2.69. The lowest BCUT2D eigenvalue weighted by atomic mass is 10.0. The lowest BCUT2D eigenvalue weighted by Crippen LogP contribution is -2.41. The number of carboxylic acids is 1. The van der Waals surface area contributed by atoms with E-state index in [1.807, 2.05) is 31.4 Å². The van der Waals surface area contributed by atoms with Crippen molar-refractivity contribution in [2.24, 2.45) is 11.8 Å². The molecule has 0 spiro atoms. The molecule has 2 atom stereocenters. The minimum atomic E-state index is -4.74. The summed E-state index contributed by atoms with van der Waals surface area (Å²) in [5.41, 5.74) is 0. The largest absolute Gasteiger partial charge is 0.481 e. The summed E-state index contributed by atoms with van der Waals surface area (Å²) in [4.78, 5) is 11.6. The molecule has 1 aromatic heterocycles. The molecule has 2 unspecified atom stereocenters. The third-order valence-electron chi connectivity index (χ3n) is 2.75. The minimum Gasteiger partial charge on any atom is -0.481 e. The number of nitrogens with one attached hydrogen (secondary N) is 1. The second-order valence-corrected chi connectivity index (χ2v) is 5.56. The van der Waals surface area contributed by atoms with Crippen LogP contribution in [0.1, 0.15) is 24.8 Å². The smallest absolute Gasteiger partial charge is 0.403 e. The van der Waals surface area contributed by atoms with Crippen molar-refractivity contribution >= 4 is 17.3 Å². The highest BCUT2D eigenvalue weighted by molar-refractivity contribution is 7.10. The molecule has 1 aromatic rings. The van der Waals surface area contributed by atoms with Crippen molar-refractivity contribution in [1.29, 1.82) is 0 Å².